The lowest BCUT2D eigenvalue weighted by Gasteiger charge is -2.25. The molecule has 0 spiro atoms. The molecule has 1 aromatic carbocycles. The Morgan fingerprint density at radius 1 is 1.23 bits per heavy atom. The van der Waals surface area contributed by atoms with Crippen molar-refractivity contribution >= 4 is 11.8 Å². The lowest BCUT2D eigenvalue weighted by atomic mass is 9.93. The average Bonchev–Trinajstić information content (AvgIpc) is 3.13. The number of carbonyl (C=O) groups is 2. The van der Waals surface area contributed by atoms with Gasteiger partial charge in [0, 0.05) is 31.8 Å². The highest BCUT2D eigenvalue weighted by Crippen LogP contribution is 2.29. The normalized spacial score (nSPS) is 19.8. The van der Waals surface area contributed by atoms with Gasteiger partial charge in [-0.25, -0.2) is 4.39 Å². The topological polar surface area (TPSA) is 94.7 Å². The van der Waals surface area contributed by atoms with E-state index >= 15 is 0 Å². The second kappa shape index (κ2) is 9.30. The molecule has 1 aliphatic rings. The van der Waals surface area contributed by atoms with E-state index in [9.17, 15) is 19.1 Å². The summed E-state index contributed by atoms with van der Waals surface area (Å²) in [5, 5.41) is 12.6. The van der Waals surface area contributed by atoms with E-state index in [4.69, 9.17) is 4.74 Å². The van der Waals surface area contributed by atoms with Gasteiger partial charge in [0.2, 0.25) is 0 Å². The van der Waals surface area contributed by atoms with Gasteiger partial charge in [-0.3, -0.25) is 9.59 Å². The molecule has 1 heterocycles. The van der Waals surface area contributed by atoms with Crippen molar-refractivity contribution in [3.8, 4) is 5.75 Å². The van der Waals surface area contributed by atoms with Crippen LogP contribution in [0.2, 0.25) is 0 Å². The van der Waals surface area contributed by atoms with E-state index in [1.807, 2.05) is 0 Å². The number of ether oxygens (including phenoxy) is 1. The van der Waals surface area contributed by atoms with Crippen molar-refractivity contribution in [2.45, 2.75) is 50.9 Å². The Bertz CT molecular complexity index is 904. The van der Waals surface area contributed by atoms with Gasteiger partial charge < -0.3 is 25.0 Å². The lowest BCUT2D eigenvalue weighted by molar-refractivity contribution is 0.0815. The molecule has 1 fully saturated rings. The fourth-order valence-corrected chi connectivity index (χ4v) is 3.58. The number of carbonyl (C=O) groups excluding carboxylic acids is 2. The Morgan fingerprint density at radius 2 is 1.90 bits per heavy atom. The number of benzene rings is 1. The maximum absolute atomic E-state index is 14.1. The number of halogens is 1. The number of amides is 2. The fourth-order valence-electron chi connectivity index (χ4n) is 3.58. The standard InChI is InChI=1S/C22H28FN3O4/c1-13(16-6-4-5-7-17(16)23)30-19-12-18(25-20(19)22(29)26(2)3)21(28)24-14-8-10-15(27)11-9-14/h4-7,12-15,25,27H,8-11H2,1-3H3,(H,24,28)/t13?,14-,15-. The molecule has 30 heavy (non-hydrogen) atoms. The molecule has 3 N–H and O–H groups in total. The highest BCUT2D eigenvalue weighted by molar-refractivity contribution is 5.99. The van der Waals surface area contributed by atoms with Crippen LogP contribution in [0.4, 0.5) is 4.39 Å². The third kappa shape index (κ3) is 4.99. The minimum Gasteiger partial charge on any atom is -0.483 e. The highest BCUT2D eigenvalue weighted by atomic mass is 19.1. The number of aliphatic hydroxyl groups is 1. The van der Waals surface area contributed by atoms with Gasteiger partial charge in [-0.2, -0.15) is 0 Å². The van der Waals surface area contributed by atoms with Crippen LogP contribution >= 0.6 is 0 Å². The van der Waals surface area contributed by atoms with Crippen molar-refractivity contribution in [2.24, 2.45) is 0 Å². The van der Waals surface area contributed by atoms with Gasteiger partial charge in [-0.15, -0.1) is 0 Å². The molecule has 1 saturated carbocycles. The van der Waals surface area contributed by atoms with Crippen LogP contribution in [0.1, 0.15) is 65.3 Å². The molecule has 7 nitrogen and oxygen atoms in total. The summed E-state index contributed by atoms with van der Waals surface area (Å²) in [6.07, 6.45) is 1.72. The summed E-state index contributed by atoms with van der Waals surface area (Å²) >= 11 is 0. The minimum atomic E-state index is -0.661. The molecular weight excluding hydrogens is 389 g/mol. The first kappa shape index (κ1) is 21.8. The van der Waals surface area contributed by atoms with Crippen LogP contribution in [0, 0.1) is 5.82 Å². The van der Waals surface area contributed by atoms with Gasteiger partial charge in [-0.1, -0.05) is 18.2 Å². The molecule has 8 heteroatoms. The Hall–Kier alpha value is -2.87. The first-order chi connectivity index (χ1) is 14.3. The number of rotatable bonds is 6. The zero-order chi connectivity index (χ0) is 21.8. The molecule has 1 unspecified atom stereocenters. The second-order valence-corrected chi connectivity index (χ2v) is 7.88. The Morgan fingerprint density at radius 3 is 2.53 bits per heavy atom. The summed E-state index contributed by atoms with van der Waals surface area (Å²) < 4.78 is 20.0. The number of aromatic amines is 1. The maximum Gasteiger partial charge on any atom is 0.273 e. The van der Waals surface area contributed by atoms with Crippen LogP contribution in [-0.2, 0) is 0 Å². The van der Waals surface area contributed by atoms with E-state index < -0.39 is 11.9 Å². The van der Waals surface area contributed by atoms with Gasteiger partial charge in [-0.05, 0) is 38.7 Å². The van der Waals surface area contributed by atoms with Gasteiger partial charge in [0.15, 0.2) is 5.75 Å². The predicted molar refractivity (Wildman–Crippen MR) is 110 cm³/mol. The minimum absolute atomic E-state index is 0.0288. The smallest absolute Gasteiger partial charge is 0.273 e. The van der Waals surface area contributed by atoms with Gasteiger partial charge >= 0.3 is 0 Å². The average molecular weight is 417 g/mol. The molecule has 3 rings (SSSR count). The lowest BCUT2D eigenvalue weighted by Crippen LogP contribution is -2.38. The number of nitrogens with zero attached hydrogens (tertiary/aromatic N) is 1. The van der Waals surface area contributed by atoms with Crippen molar-refractivity contribution in [1.29, 1.82) is 0 Å². The largest absolute Gasteiger partial charge is 0.483 e. The molecule has 1 aromatic heterocycles. The Kier molecular flexibility index (Phi) is 6.77. The molecule has 162 valence electrons. The van der Waals surface area contributed by atoms with Crippen molar-refractivity contribution in [3.05, 3.63) is 53.1 Å². The first-order valence-electron chi connectivity index (χ1n) is 10.1. The summed E-state index contributed by atoms with van der Waals surface area (Å²) in [5.74, 6) is -0.921. The second-order valence-electron chi connectivity index (χ2n) is 7.88. The maximum atomic E-state index is 14.1. The van der Waals surface area contributed by atoms with E-state index in [1.165, 1.54) is 17.0 Å². The molecule has 1 atom stereocenters. The quantitative estimate of drug-likeness (QED) is 0.673. The predicted octanol–water partition coefficient (Wildman–Crippen LogP) is 3.03. The zero-order valence-electron chi connectivity index (χ0n) is 17.4. The molecule has 0 saturated heterocycles. The number of aromatic nitrogens is 1. The molecule has 0 aliphatic heterocycles. The van der Waals surface area contributed by atoms with Crippen LogP contribution < -0.4 is 10.1 Å². The zero-order valence-corrected chi connectivity index (χ0v) is 17.4. The number of nitrogens with one attached hydrogen (secondary N) is 2. The third-order valence-corrected chi connectivity index (χ3v) is 5.33. The van der Waals surface area contributed by atoms with Crippen LogP contribution in [-0.4, -0.2) is 53.0 Å². The van der Waals surface area contributed by atoms with Gasteiger partial charge in [0.1, 0.15) is 23.3 Å². The van der Waals surface area contributed by atoms with Gasteiger partial charge in [0.25, 0.3) is 11.8 Å². The molecule has 0 bridgehead atoms. The number of H-pyrrole nitrogens is 1. The number of hydrogen-bond acceptors (Lipinski definition) is 4. The number of hydrogen-bond donors (Lipinski definition) is 3. The first-order valence-corrected chi connectivity index (χ1v) is 10.1. The summed E-state index contributed by atoms with van der Waals surface area (Å²) in [7, 11) is 3.20. The van der Waals surface area contributed by atoms with Crippen LogP contribution in [0.15, 0.2) is 30.3 Å². The summed E-state index contributed by atoms with van der Waals surface area (Å²) in [4.78, 5) is 29.5. The molecular formula is C22H28FN3O4. The molecule has 2 amide bonds. The summed E-state index contributed by atoms with van der Waals surface area (Å²) in [5.41, 5.74) is 0.683. The monoisotopic (exact) mass is 417 g/mol. The van der Waals surface area contributed by atoms with Crippen molar-refractivity contribution in [1.82, 2.24) is 15.2 Å². The Labute approximate surface area is 175 Å². The summed E-state index contributed by atoms with van der Waals surface area (Å²) in [6.45, 7) is 1.68. The number of aliphatic hydroxyl groups excluding tert-OH is 1. The highest BCUT2D eigenvalue weighted by Gasteiger charge is 2.26. The third-order valence-electron chi connectivity index (χ3n) is 5.33. The molecule has 2 aromatic rings. The summed E-state index contributed by atoms with van der Waals surface area (Å²) in [6, 6.07) is 7.71. The van der Waals surface area contributed by atoms with E-state index in [0.29, 0.717) is 31.2 Å². The van der Waals surface area contributed by atoms with Crippen molar-refractivity contribution < 1.29 is 23.8 Å². The molecule has 0 radical (unpaired) electrons. The molecule has 1 aliphatic carbocycles. The van der Waals surface area contributed by atoms with E-state index in [-0.39, 0.29) is 41.1 Å². The van der Waals surface area contributed by atoms with E-state index in [2.05, 4.69) is 10.3 Å². The SMILES string of the molecule is CC(Oc1cc(C(=O)N[C@H]2CC[C@H](O)CC2)[nH]c1C(=O)N(C)C)c1ccccc1F. The fraction of sp³-hybridized carbons (Fsp3) is 0.455. The van der Waals surface area contributed by atoms with Crippen LogP contribution in [0.5, 0.6) is 5.75 Å². The van der Waals surface area contributed by atoms with Crippen molar-refractivity contribution in [3.63, 3.8) is 0 Å². The van der Waals surface area contributed by atoms with E-state index in [0.717, 1.165) is 0 Å². The van der Waals surface area contributed by atoms with Crippen LogP contribution in [0.3, 0.4) is 0 Å². The Balaban J connectivity index is 1.81. The van der Waals surface area contributed by atoms with E-state index in [1.54, 1.807) is 39.2 Å². The van der Waals surface area contributed by atoms with Crippen molar-refractivity contribution in [2.75, 3.05) is 14.1 Å². The van der Waals surface area contributed by atoms with Gasteiger partial charge in [0.05, 0.1) is 6.10 Å². The van der Waals surface area contributed by atoms with Crippen LogP contribution in [0.25, 0.3) is 0 Å².